The summed E-state index contributed by atoms with van der Waals surface area (Å²) in [7, 11) is 0. The first kappa shape index (κ1) is 14.7. The van der Waals surface area contributed by atoms with Gasteiger partial charge in [-0.15, -0.1) is 0 Å². The second-order valence-electron chi connectivity index (χ2n) is 4.31. The predicted octanol–water partition coefficient (Wildman–Crippen LogP) is 3.64. The second-order valence-corrected chi connectivity index (χ2v) is 4.31. The zero-order valence-electron chi connectivity index (χ0n) is 10.9. The molecule has 0 spiro atoms. The number of aliphatic carboxylic acids is 1. The van der Waals surface area contributed by atoms with Crippen molar-refractivity contribution in [2.24, 2.45) is 0 Å². The van der Waals surface area contributed by atoms with Gasteiger partial charge in [-0.1, -0.05) is 12.1 Å². The van der Waals surface area contributed by atoms with E-state index in [4.69, 9.17) is 9.84 Å². The highest BCUT2D eigenvalue weighted by Crippen LogP contribution is 2.16. The van der Waals surface area contributed by atoms with Crippen LogP contribution < -0.4 is 4.74 Å². The Labute approximate surface area is 120 Å². The average molecular weight is 290 g/mol. The summed E-state index contributed by atoms with van der Waals surface area (Å²) in [5.41, 5.74) is 1.10. The quantitative estimate of drug-likeness (QED) is 0.855. The normalized spacial score (nSPS) is 10.8. The molecule has 0 aromatic heterocycles. The maximum Gasteiger partial charge on any atom is 0.328 e. The lowest BCUT2D eigenvalue weighted by molar-refractivity contribution is -0.131. The maximum atomic E-state index is 13.0. The molecule has 0 aliphatic heterocycles. The lowest BCUT2D eigenvalue weighted by Crippen LogP contribution is -1.97. The van der Waals surface area contributed by atoms with Crippen molar-refractivity contribution >= 4 is 12.0 Å². The number of hydrogen-bond acceptors (Lipinski definition) is 2. The van der Waals surface area contributed by atoms with Gasteiger partial charge in [0.15, 0.2) is 0 Å². The first-order valence-corrected chi connectivity index (χ1v) is 6.12. The SMILES string of the molecule is O=C(O)/C=C/c1ccc(OCc2cc(F)cc(F)c2)cc1. The van der Waals surface area contributed by atoms with E-state index in [9.17, 15) is 13.6 Å². The molecule has 21 heavy (non-hydrogen) atoms. The third-order valence-electron chi connectivity index (χ3n) is 2.63. The molecule has 0 heterocycles. The highest BCUT2D eigenvalue weighted by atomic mass is 19.1. The molecule has 0 saturated carbocycles. The smallest absolute Gasteiger partial charge is 0.328 e. The van der Waals surface area contributed by atoms with Crippen molar-refractivity contribution in [1.82, 2.24) is 0 Å². The fourth-order valence-corrected chi connectivity index (χ4v) is 1.70. The number of carboxylic acids is 1. The van der Waals surface area contributed by atoms with Crippen molar-refractivity contribution in [3.8, 4) is 5.75 Å². The lowest BCUT2D eigenvalue weighted by atomic mass is 10.2. The van der Waals surface area contributed by atoms with Gasteiger partial charge in [-0.3, -0.25) is 0 Å². The number of rotatable bonds is 5. The molecule has 3 nitrogen and oxygen atoms in total. The third kappa shape index (κ3) is 4.72. The van der Waals surface area contributed by atoms with Gasteiger partial charge < -0.3 is 9.84 Å². The molecule has 2 rings (SSSR count). The van der Waals surface area contributed by atoms with Gasteiger partial charge in [0, 0.05) is 12.1 Å². The number of carboxylic acid groups (broad SMARTS) is 1. The largest absolute Gasteiger partial charge is 0.489 e. The number of benzene rings is 2. The summed E-state index contributed by atoms with van der Waals surface area (Å²) >= 11 is 0. The minimum absolute atomic E-state index is 0.0407. The van der Waals surface area contributed by atoms with Gasteiger partial charge in [0.2, 0.25) is 0 Å². The summed E-state index contributed by atoms with van der Waals surface area (Å²) < 4.78 is 31.4. The van der Waals surface area contributed by atoms with Crippen LogP contribution in [0.15, 0.2) is 48.5 Å². The third-order valence-corrected chi connectivity index (χ3v) is 2.63. The number of ether oxygens (including phenoxy) is 1. The standard InChI is InChI=1S/C16H12F2O3/c17-13-7-12(8-14(18)9-13)10-21-15-4-1-11(2-5-15)3-6-16(19)20/h1-9H,10H2,(H,19,20)/b6-3+. The van der Waals surface area contributed by atoms with E-state index in [1.807, 2.05) is 0 Å². The van der Waals surface area contributed by atoms with E-state index in [1.54, 1.807) is 24.3 Å². The zero-order valence-corrected chi connectivity index (χ0v) is 10.9. The molecular weight excluding hydrogens is 278 g/mol. The molecule has 2 aromatic carbocycles. The van der Waals surface area contributed by atoms with E-state index < -0.39 is 17.6 Å². The van der Waals surface area contributed by atoms with E-state index in [0.717, 1.165) is 12.1 Å². The molecule has 0 aliphatic rings. The van der Waals surface area contributed by atoms with Crippen LogP contribution in [0.3, 0.4) is 0 Å². The topological polar surface area (TPSA) is 46.5 Å². The van der Waals surface area contributed by atoms with Crippen LogP contribution in [0.5, 0.6) is 5.75 Å². The number of halogens is 2. The molecule has 108 valence electrons. The van der Waals surface area contributed by atoms with Crippen LogP contribution in [0, 0.1) is 11.6 Å². The average Bonchev–Trinajstić information content (AvgIpc) is 2.43. The van der Waals surface area contributed by atoms with Crippen molar-refractivity contribution in [2.75, 3.05) is 0 Å². The fourth-order valence-electron chi connectivity index (χ4n) is 1.70. The molecule has 0 unspecified atom stereocenters. The molecule has 0 aliphatic carbocycles. The minimum atomic E-state index is -1.02. The van der Waals surface area contributed by atoms with Crippen molar-refractivity contribution in [2.45, 2.75) is 6.61 Å². The molecule has 0 amide bonds. The lowest BCUT2D eigenvalue weighted by Gasteiger charge is -2.07. The van der Waals surface area contributed by atoms with Gasteiger partial charge in [-0.05, 0) is 41.5 Å². The molecule has 0 fully saturated rings. The van der Waals surface area contributed by atoms with Crippen molar-refractivity contribution in [3.63, 3.8) is 0 Å². The van der Waals surface area contributed by atoms with Crippen LogP contribution >= 0.6 is 0 Å². The molecule has 0 atom stereocenters. The van der Waals surface area contributed by atoms with Crippen LogP contribution in [-0.2, 0) is 11.4 Å². The highest BCUT2D eigenvalue weighted by Gasteiger charge is 2.02. The Kier molecular flexibility index (Phi) is 4.66. The summed E-state index contributed by atoms with van der Waals surface area (Å²) in [4.78, 5) is 10.4. The monoisotopic (exact) mass is 290 g/mol. The van der Waals surface area contributed by atoms with Gasteiger partial charge in [0.1, 0.15) is 24.0 Å². The molecule has 5 heteroatoms. The fraction of sp³-hybridized carbons (Fsp3) is 0.0625. The number of carbonyl (C=O) groups is 1. The van der Waals surface area contributed by atoms with Crippen LogP contribution in [0.1, 0.15) is 11.1 Å². The Morgan fingerprint density at radius 1 is 1.10 bits per heavy atom. The van der Waals surface area contributed by atoms with Crippen LogP contribution in [0.25, 0.3) is 6.08 Å². The molecule has 2 aromatic rings. The maximum absolute atomic E-state index is 13.0. The first-order chi connectivity index (χ1) is 10.0. The van der Waals surface area contributed by atoms with E-state index in [0.29, 0.717) is 16.9 Å². The van der Waals surface area contributed by atoms with Gasteiger partial charge in [0.25, 0.3) is 0 Å². The van der Waals surface area contributed by atoms with E-state index in [1.165, 1.54) is 18.2 Å². The first-order valence-electron chi connectivity index (χ1n) is 6.12. The van der Waals surface area contributed by atoms with Gasteiger partial charge in [-0.25, -0.2) is 13.6 Å². The summed E-state index contributed by atoms with van der Waals surface area (Å²) in [6.07, 6.45) is 2.49. The van der Waals surface area contributed by atoms with E-state index >= 15 is 0 Å². The summed E-state index contributed by atoms with van der Waals surface area (Å²) in [5, 5.41) is 8.51. The molecular formula is C16H12F2O3. The van der Waals surface area contributed by atoms with Gasteiger partial charge in [-0.2, -0.15) is 0 Å². The van der Waals surface area contributed by atoms with Crippen molar-refractivity contribution < 1.29 is 23.4 Å². The molecule has 1 N–H and O–H groups in total. The van der Waals surface area contributed by atoms with Gasteiger partial charge in [0.05, 0.1) is 0 Å². The van der Waals surface area contributed by atoms with Crippen molar-refractivity contribution in [3.05, 3.63) is 71.3 Å². The Morgan fingerprint density at radius 3 is 2.29 bits per heavy atom. The Hall–Kier alpha value is -2.69. The van der Waals surface area contributed by atoms with Crippen LogP contribution in [0.4, 0.5) is 8.78 Å². The minimum Gasteiger partial charge on any atom is -0.489 e. The summed E-state index contributed by atoms with van der Waals surface area (Å²) in [6, 6.07) is 9.86. The summed E-state index contributed by atoms with van der Waals surface area (Å²) in [5.74, 6) is -1.80. The Morgan fingerprint density at radius 2 is 1.71 bits per heavy atom. The Bertz CT molecular complexity index is 643. The van der Waals surface area contributed by atoms with Gasteiger partial charge >= 0.3 is 5.97 Å². The van der Waals surface area contributed by atoms with E-state index in [2.05, 4.69) is 0 Å². The zero-order chi connectivity index (χ0) is 15.2. The molecule has 0 radical (unpaired) electrons. The van der Waals surface area contributed by atoms with Crippen molar-refractivity contribution in [1.29, 1.82) is 0 Å². The molecule has 0 saturated heterocycles. The number of hydrogen-bond donors (Lipinski definition) is 1. The van der Waals surface area contributed by atoms with Crippen LogP contribution in [0.2, 0.25) is 0 Å². The molecule has 0 bridgehead atoms. The second kappa shape index (κ2) is 6.65. The summed E-state index contributed by atoms with van der Waals surface area (Å²) in [6.45, 7) is 0.0407. The van der Waals surface area contributed by atoms with Crippen LogP contribution in [-0.4, -0.2) is 11.1 Å². The predicted molar refractivity (Wildman–Crippen MR) is 73.8 cm³/mol. The highest BCUT2D eigenvalue weighted by molar-refractivity contribution is 5.85. The van der Waals surface area contributed by atoms with E-state index in [-0.39, 0.29) is 6.61 Å². The Balaban J connectivity index is 1.99.